The van der Waals surface area contributed by atoms with Crippen LogP contribution in [-0.4, -0.2) is 24.1 Å². The zero-order valence-electron chi connectivity index (χ0n) is 10.6. The smallest absolute Gasteiger partial charge is 0.134 e. The molecule has 0 bridgehead atoms. The van der Waals surface area contributed by atoms with Crippen LogP contribution in [0.3, 0.4) is 0 Å². The monoisotopic (exact) mass is 326 g/mol. The van der Waals surface area contributed by atoms with E-state index >= 15 is 0 Å². The number of aromatic nitrogens is 2. The molecular formula is C12H15BrN4S. The lowest BCUT2D eigenvalue weighted by Crippen LogP contribution is -2.18. The molecule has 0 saturated heterocycles. The van der Waals surface area contributed by atoms with Crippen LogP contribution in [0.5, 0.6) is 0 Å². The van der Waals surface area contributed by atoms with Crippen molar-refractivity contribution in [2.24, 2.45) is 0 Å². The molecule has 0 atom stereocenters. The lowest BCUT2D eigenvalue weighted by molar-refractivity contribution is 0.891. The molecule has 2 aromatic rings. The number of hydrogen-bond acceptors (Lipinski definition) is 5. The highest BCUT2D eigenvalue weighted by molar-refractivity contribution is 9.10. The lowest BCUT2D eigenvalue weighted by atomic mass is 10.4. The average molecular weight is 327 g/mol. The molecule has 0 spiro atoms. The van der Waals surface area contributed by atoms with Crippen molar-refractivity contribution >= 4 is 38.9 Å². The molecule has 0 radical (unpaired) electrons. The lowest BCUT2D eigenvalue weighted by Gasteiger charge is -2.18. The van der Waals surface area contributed by atoms with E-state index in [0.717, 1.165) is 28.5 Å². The van der Waals surface area contributed by atoms with E-state index in [1.54, 1.807) is 11.3 Å². The minimum atomic E-state index is 0.774. The first-order valence-electron chi connectivity index (χ1n) is 5.56. The Bertz CT molecular complexity index is 541. The van der Waals surface area contributed by atoms with Crippen molar-refractivity contribution in [2.45, 2.75) is 13.5 Å². The SMILES string of the molecule is CNc1cc(N(C)Cc2cc(Br)cs2)nc(C)n1. The van der Waals surface area contributed by atoms with Gasteiger partial charge >= 0.3 is 0 Å². The normalized spacial score (nSPS) is 10.4. The maximum atomic E-state index is 4.45. The van der Waals surface area contributed by atoms with E-state index in [2.05, 4.69) is 47.6 Å². The van der Waals surface area contributed by atoms with Crippen molar-refractivity contribution in [3.63, 3.8) is 0 Å². The van der Waals surface area contributed by atoms with E-state index in [9.17, 15) is 0 Å². The van der Waals surface area contributed by atoms with E-state index in [1.807, 2.05) is 27.1 Å². The Morgan fingerprint density at radius 2 is 2.17 bits per heavy atom. The Morgan fingerprint density at radius 1 is 1.39 bits per heavy atom. The first-order chi connectivity index (χ1) is 8.58. The highest BCUT2D eigenvalue weighted by Gasteiger charge is 2.08. The van der Waals surface area contributed by atoms with E-state index < -0.39 is 0 Å². The molecule has 0 fully saturated rings. The summed E-state index contributed by atoms with van der Waals surface area (Å²) in [5, 5.41) is 5.14. The van der Waals surface area contributed by atoms with Crippen molar-refractivity contribution in [1.82, 2.24) is 9.97 Å². The van der Waals surface area contributed by atoms with Crippen LogP contribution < -0.4 is 10.2 Å². The van der Waals surface area contributed by atoms with Crippen molar-refractivity contribution in [3.8, 4) is 0 Å². The molecule has 0 aliphatic heterocycles. The number of rotatable bonds is 4. The molecule has 4 nitrogen and oxygen atoms in total. The van der Waals surface area contributed by atoms with E-state index in [1.165, 1.54) is 4.88 Å². The summed E-state index contributed by atoms with van der Waals surface area (Å²) in [6, 6.07) is 4.09. The van der Waals surface area contributed by atoms with Gasteiger partial charge in [0.1, 0.15) is 17.5 Å². The molecule has 2 heterocycles. The van der Waals surface area contributed by atoms with E-state index in [0.29, 0.717) is 0 Å². The van der Waals surface area contributed by atoms with Crippen LogP contribution in [0.2, 0.25) is 0 Å². The number of anilines is 2. The van der Waals surface area contributed by atoms with E-state index in [4.69, 9.17) is 0 Å². The van der Waals surface area contributed by atoms with Crippen LogP contribution >= 0.6 is 27.3 Å². The first-order valence-corrected chi connectivity index (χ1v) is 7.23. The summed E-state index contributed by atoms with van der Waals surface area (Å²) < 4.78 is 1.13. The zero-order chi connectivity index (χ0) is 13.1. The van der Waals surface area contributed by atoms with Gasteiger partial charge in [0.25, 0.3) is 0 Å². The summed E-state index contributed by atoms with van der Waals surface area (Å²) >= 11 is 5.21. The highest BCUT2D eigenvalue weighted by atomic mass is 79.9. The summed E-state index contributed by atoms with van der Waals surface area (Å²) in [5.41, 5.74) is 0. The third-order valence-corrected chi connectivity index (χ3v) is 4.17. The molecule has 2 rings (SSSR count). The molecule has 0 saturated carbocycles. The van der Waals surface area contributed by atoms with Gasteiger partial charge in [-0.2, -0.15) is 0 Å². The van der Waals surface area contributed by atoms with Crippen LogP contribution in [0.1, 0.15) is 10.7 Å². The molecule has 0 aliphatic rings. The maximum Gasteiger partial charge on any atom is 0.134 e. The number of nitrogens with zero attached hydrogens (tertiary/aromatic N) is 3. The van der Waals surface area contributed by atoms with Crippen LogP contribution in [0.25, 0.3) is 0 Å². The third kappa shape index (κ3) is 3.20. The number of hydrogen-bond donors (Lipinski definition) is 1. The quantitative estimate of drug-likeness (QED) is 0.936. The van der Waals surface area contributed by atoms with Gasteiger partial charge in [0.2, 0.25) is 0 Å². The standard InChI is InChI=1S/C12H15BrN4S/c1-8-15-11(14-2)5-12(16-8)17(3)6-10-4-9(13)7-18-10/h4-5,7H,6H2,1-3H3,(H,14,15,16). The predicted octanol–water partition coefficient (Wildman–Crippen LogP) is 3.29. The topological polar surface area (TPSA) is 41.0 Å². The van der Waals surface area contributed by atoms with Gasteiger partial charge in [-0.25, -0.2) is 9.97 Å². The van der Waals surface area contributed by atoms with Crippen LogP contribution in [0.4, 0.5) is 11.6 Å². The number of halogens is 1. The Hall–Kier alpha value is -1.14. The minimum Gasteiger partial charge on any atom is -0.373 e. The maximum absolute atomic E-state index is 4.45. The minimum absolute atomic E-state index is 0.774. The number of nitrogens with one attached hydrogen (secondary N) is 1. The highest BCUT2D eigenvalue weighted by Crippen LogP contribution is 2.23. The molecule has 0 aromatic carbocycles. The summed E-state index contributed by atoms with van der Waals surface area (Å²) in [4.78, 5) is 12.2. The van der Waals surface area contributed by atoms with Gasteiger partial charge < -0.3 is 10.2 Å². The Kier molecular flexibility index (Phi) is 4.19. The average Bonchev–Trinajstić information content (AvgIpc) is 2.73. The van der Waals surface area contributed by atoms with Gasteiger partial charge in [-0.15, -0.1) is 11.3 Å². The molecule has 0 amide bonds. The molecule has 0 aliphatic carbocycles. The largest absolute Gasteiger partial charge is 0.373 e. The van der Waals surface area contributed by atoms with Gasteiger partial charge in [-0.05, 0) is 28.9 Å². The second-order valence-electron chi connectivity index (χ2n) is 4.00. The van der Waals surface area contributed by atoms with Crippen LogP contribution in [-0.2, 0) is 6.54 Å². The van der Waals surface area contributed by atoms with Gasteiger partial charge in [-0.3, -0.25) is 0 Å². The fourth-order valence-corrected chi connectivity index (χ4v) is 3.13. The third-order valence-electron chi connectivity index (χ3n) is 2.49. The second-order valence-corrected chi connectivity index (χ2v) is 5.91. The molecular weight excluding hydrogens is 312 g/mol. The summed E-state index contributed by atoms with van der Waals surface area (Å²) in [5.74, 6) is 2.55. The Balaban J connectivity index is 2.17. The van der Waals surface area contributed by atoms with Gasteiger partial charge in [-0.1, -0.05) is 0 Å². The summed E-state index contributed by atoms with van der Waals surface area (Å²) in [7, 11) is 3.90. The first kappa shape index (κ1) is 13.3. The Morgan fingerprint density at radius 3 is 2.78 bits per heavy atom. The molecule has 18 heavy (non-hydrogen) atoms. The fourth-order valence-electron chi connectivity index (χ4n) is 1.63. The van der Waals surface area contributed by atoms with Crippen molar-refractivity contribution in [3.05, 3.63) is 32.7 Å². The van der Waals surface area contributed by atoms with Crippen LogP contribution in [0.15, 0.2) is 22.0 Å². The number of aryl methyl sites for hydroxylation is 1. The van der Waals surface area contributed by atoms with Crippen molar-refractivity contribution in [1.29, 1.82) is 0 Å². The molecule has 0 unspecified atom stereocenters. The zero-order valence-corrected chi connectivity index (χ0v) is 13.0. The van der Waals surface area contributed by atoms with Crippen LogP contribution in [0, 0.1) is 6.92 Å². The summed E-state index contributed by atoms with van der Waals surface area (Å²) in [6.07, 6.45) is 0. The Labute approximate surface area is 119 Å². The van der Waals surface area contributed by atoms with Crippen molar-refractivity contribution in [2.75, 3.05) is 24.3 Å². The summed E-state index contributed by atoms with van der Waals surface area (Å²) in [6.45, 7) is 2.75. The van der Waals surface area contributed by atoms with Gasteiger partial charge in [0, 0.05) is 34.9 Å². The molecule has 1 N–H and O–H groups in total. The number of thiophene rings is 1. The fraction of sp³-hybridized carbons (Fsp3) is 0.333. The van der Waals surface area contributed by atoms with E-state index in [-0.39, 0.29) is 0 Å². The predicted molar refractivity (Wildman–Crippen MR) is 80.4 cm³/mol. The van der Waals surface area contributed by atoms with Crippen molar-refractivity contribution < 1.29 is 0 Å². The molecule has 96 valence electrons. The molecule has 2 aromatic heterocycles. The molecule has 6 heteroatoms. The second kappa shape index (κ2) is 5.67. The van der Waals surface area contributed by atoms with Gasteiger partial charge in [0.15, 0.2) is 0 Å². The van der Waals surface area contributed by atoms with Gasteiger partial charge in [0.05, 0.1) is 6.54 Å².